The summed E-state index contributed by atoms with van der Waals surface area (Å²) in [6.45, 7) is 15.0. The van der Waals surface area contributed by atoms with Crippen LogP contribution in [0.1, 0.15) is 79.1 Å². The zero-order valence-corrected chi connectivity index (χ0v) is 14.2. The molecule has 0 saturated heterocycles. The molecule has 0 atom stereocenters. The van der Waals surface area contributed by atoms with E-state index < -0.39 is 0 Å². The number of quaternary nitrogens is 1. The fraction of sp³-hybridized carbons (Fsp3) is 1.00. The van der Waals surface area contributed by atoms with E-state index in [9.17, 15) is 0 Å². The summed E-state index contributed by atoms with van der Waals surface area (Å²) >= 11 is 0. The molecule has 0 saturated carbocycles. The molecule has 0 heterocycles. The zero-order chi connectivity index (χ0) is 13.0. The summed E-state index contributed by atoms with van der Waals surface area (Å²) in [5.74, 6) is 0. The average Bonchev–Trinajstić information content (AvgIpc) is 2.37. The number of hydrogen-bond donors (Lipinski definition) is 0. The Bertz CT molecular complexity index is 131. The van der Waals surface area contributed by atoms with Crippen molar-refractivity contribution in [1.29, 1.82) is 0 Å². The van der Waals surface area contributed by atoms with Gasteiger partial charge >= 0.3 is 0 Å². The van der Waals surface area contributed by atoms with Gasteiger partial charge in [-0.2, -0.15) is 0 Å². The van der Waals surface area contributed by atoms with Gasteiger partial charge in [-0.15, -0.1) is 0 Å². The first-order valence-corrected chi connectivity index (χ1v) is 8.09. The van der Waals surface area contributed by atoms with E-state index >= 15 is 0 Å². The Morgan fingerprint density at radius 3 is 0.900 bits per heavy atom. The number of unbranched alkanes of at least 4 members (excludes halogenated alkanes) is 4. The van der Waals surface area contributed by atoms with Gasteiger partial charge in [0.1, 0.15) is 0 Å². The Morgan fingerprint density at radius 1 is 0.550 bits per heavy atom. The summed E-state index contributed by atoms with van der Waals surface area (Å²) in [5, 5.41) is 0. The van der Waals surface area contributed by atoms with Crippen LogP contribution in [0.5, 0.6) is 0 Å². The van der Waals surface area contributed by atoms with E-state index in [1.165, 1.54) is 82.0 Å². The Labute approximate surface area is 125 Å². The molecule has 128 valence electrons. The summed E-state index contributed by atoms with van der Waals surface area (Å²) in [4.78, 5) is 0. The standard InChI is InChI=1S/C16H36N.2FH.H2O/c1-5-9-13-17(14-10-6-2,15-11-7-3)16-12-8-4;;;/h5-16H2,1-4H3;2*1H;1H2/q+1;;;/p-1. The quantitative estimate of drug-likeness (QED) is 0.487. The molecule has 0 aromatic rings. The topological polar surface area (TPSA) is 31.5 Å². The minimum absolute atomic E-state index is 0. The summed E-state index contributed by atoms with van der Waals surface area (Å²) in [7, 11) is 0. The molecule has 0 radical (unpaired) electrons. The van der Waals surface area contributed by atoms with E-state index in [0.717, 1.165) is 0 Å². The van der Waals surface area contributed by atoms with Gasteiger partial charge < -0.3 is 14.7 Å². The molecule has 0 amide bonds. The predicted molar refractivity (Wildman–Crippen MR) is 85.5 cm³/mol. The van der Waals surface area contributed by atoms with E-state index in [4.69, 9.17) is 0 Å². The van der Waals surface area contributed by atoms with Gasteiger partial charge in [0, 0.05) is 0 Å². The SMILES string of the molecule is CCCC[N+](CCCC)(CCCC)CCCC.F.O.[F-]. The lowest BCUT2D eigenvalue weighted by Gasteiger charge is -2.39. The highest BCUT2D eigenvalue weighted by atomic mass is 19.0. The molecule has 20 heavy (non-hydrogen) atoms. The third kappa shape index (κ3) is 12.8. The van der Waals surface area contributed by atoms with Gasteiger partial charge in [0.25, 0.3) is 0 Å². The number of nitrogens with zero attached hydrogens (tertiary/aromatic N) is 1. The minimum atomic E-state index is 0. The first-order chi connectivity index (χ1) is 8.24. The van der Waals surface area contributed by atoms with E-state index in [2.05, 4.69) is 27.7 Å². The molecule has 0 bridgehead atoms. The molecule has 0 unspecified atom stereocenters. The van der Waals surface area contributed by atoms with Crippen molar-refractivity contribution in [3.63, 3.8) is 0 Å². The van der Waals surface area contributed by atoms with E-state index in [1.807, 2.05) is 0 Å². The van der Waals surface area contributed by atoms with Crippen LogP contribution in [0.15, 0.2) is 0 Å². The maximum atomic E-state index is 2.33. The largest absolute Gasteiger partial charge is 1.00 e. The van der Waals surface area contributed by atoms with Crippen LogP contribution in [0, 0.1) is 0 Å². The number of rotatable bonds is 12. The second-order valence-electron chi connectivity index (χ2n) is 5.65. The first-order valence-electron chi connectivity index (χ1n) is 8.09. The van der Waals surface area contributed by atoms with Crippen molar-refractivity contribution in [2.75, 3.05) is 26.2 Å². The van der Waals surface area contributed by atoms with Crippen LogP contribution in [0.3, 0.4) is 0 Å². The smallest absolute Gasteiger partial charge is 0.0786 e. The highest BCUT2D eigenvalue weighted by Crippen LogP contribution is 2.16. The van der Waals surface area contributed by atoms with Gasteiger partial charge in [-0.1, -0.05) is 53.4 Å². The summed E-state index contributed by atoms with van der Waals surface area (Å²) in [5.41, 5.74) is 0. The molecule has 0 fully saturated rings. The zero-order valence-electron chi connectivity index (χ0n) is 14.2. The Morgan fingerprint density at radius 2 is 0.750 bits per heavy atom. The summed E-state index contributed by atoms with van der Waals surface area (Å²) in [6.07, 6.45) is 11.1. The molecule has 0 spiro atoms. The third-order valence-corrected chi connectivity index (χ3v) is 3.94. The second kappa shape index (κ2) is 18.8. The molecular weight excluding hydrogens is 260 g/mol. The highest BCUT2D eigenvalue weighted by molar-refractivity contribution is 4.49. The average molecular weight is 299 g/mol. The van der Waals surface area contributed by atoms with E-state index in [-0.39, 0.29) is 14.9 Å². The number of halogens is 2. The molecule has 0 aliphatic heterocycles. The van der Waals surface area contributed by atoms with Crippen LogP contribution in [-0.4, -0.2) is 36.1 Å². The van der Waals surface area contributed by atoms with Gasteiger partial charge in [-0.3, -0.25) is 4.70 Å². The Kier molecular flexibility index (Phi) is 26.3. The molecule has 0 aliphatic carbocycles. The predicted octanol–water partition coefficient (Wildman–Crippen LogP) is 1.34. The lowest BCUT2D eigenvalue weighted by Crippen LogP contribution is -3.00. The van der Waals surface area contributed by atoms with Crippen molar-refractivity contribution in [1.82, 2.24) is 0 Å². The van der Waals surface area contributed by atoms with Crippen LogP contribution in [0.25, 0.3) is 0 Å². The molecule has 0 aromatic carbocycles. The van der Waals surface area contributed by atoms with Crippen LogP contribution in [0.4, 0.5) is 4.70 Å². The van der Waals surface area contributed by atoms with Crippen LogP contribution in [-0.2, 0) is 0 Å². The molecule has 2 N–H and O–H groups in total. The van der Waals surface area contributed by atoms with Crippen molar-refractivity contribution in [3.05, 3.63) is 0 Å². The van der Waals surface area contributed by atoms with Crippen molar-refractivity contribution in [3.8, 4) is 0 Å². The van der Waals surface area contributed by atoms with Crippen molar-refractivity contribution >= 4 is 0 Å². The van der Waals surface area contributed by atoms with Gasteiger partial charge in [-0.05, 0) is 25.7 Å². The van der Waals surface area contributed by atoms with Crippen LogP contribution in [0.2, 0.25) is 0 Å². The van der Waals surface area contributed by atoms with Crippen LogP contribution >= 0.6 is 0 Å². The Hall–Kier alpha value is -0.220. The van der Waals surface area contributed by atoms with E-state index in [1.54, 1.807) is 0 Å². The van der Waals surface area contributed by atoms with Crippen molar-refractivity contribution in [2.45, 2.75) is 79.1 Å². The van der Waals surface area contributed by atoms with Crippen LogP contribution < -0.4 is 4.70 Å². The van der Waals surface area contributed by atoms with E-state index in [0.29, 0.717) is 0 Å². The molecule has 0 aliphatic rings. The van der Waals surface area contributed by atoms with Crippen molar-refractivity contribution in [2.24, 2.45) is 0 Å². The monoisotopic (exact) mass is 299 g/mol. The second-order valence-corrected chi connectivity index (χ2v) is 5.65. The van der Waals surface area contributed by atoms with Gasteiger partial charge in [0.15, 0.2) is 0 Å². The van der Waals surface area contributed by atoms with Gasteiger partial charge in [0.05, 0.1) is 26.2 Å². The fourth-order valence-corrected chi connectivity index (χ4v) is 2.64. The van der Waals surface area contributed by atoms with Gasteiger partial charge in [-0.25, -0.2) is 0 Å². The molecule has 4 heteroatoms. The van der Waals surface area contributed by atoms with Gasteiger partial charge in [0.2, 0.25) is 0 Å². The lowest BCUT2D eigenvalue weighted by molar-refractivity contribution is -0.929. The first kappa shape index (κ1) is 28.0. The lowest BCUT2D eigenvalue weighted by atomic mass is 10.1. The molecule has 2 nitrogen and oxygen atoms in total. The molecular formula is C16H39F2NO. The maximum Gasteiger partial charge on any atom is 0.0786 e. The molecule has 0 rings (SSSR count). The highest BCUT2D eigenvalue weighted by Gasteiger charge is 2.24. The fourth-order valence-electron chi connectivity index (χ4n) is 2.64. The summed E-state index contributed by atoms with van der Waals surface area (Å²) in [6, 6.07) is 0. The summed E-state index contributed by atoms with van der Waals surface area (Å²) < 4.78 is 1.42. The maximum absolute atomic E-state index is 2.33. The van der Waals surface area contributed by atoms with Crippen molar-refractivity contribution < 1.29 is 19.4 Å². The normalized spacial score (nSPS) is 10.2. The number of hydrogen-bond acceptors (Lipinski definition) is 0. The minimum Gasteiger partial charge on any atom is -1.00 e. The third-order valence-electron chi connectivity index (χ3n) is 3.94. The molecule has 0 aromatic heterocycles. The Balaban J connectivity index is -0.000000427.